The van der Waals surface area contributed by atoms with Crippen LogP contribution >= 0.6 is 11.6 Å². The van der Waals surface area contributed by atoms with Gasteiger partial charge in [0.15, 0.2) is 5.82 Å². The second kappa shape index (κ2) is 7.36. The number of carbonyl (C=O) groups is 1. The topological polar surface area (TPSA) is 73.1 Å². The Morgan fingerprint density at radius 1 is 1.30 bits per heavy atom. The number of halogens is 2. The Bertz CT molecular complexity index is 1160. The number of piperidine rings is 1. The molecular weight excluding hydrogens is 409 g/mol. The fourth-order valence-electron chi connectivity index (χ4n) is 4.24. The van der Waals surface area contributed by atoms with Gasteiger partial charge in [0.05, 0.1) is 29.0 Å². The van der Waals surface area contributed by atoms with Crippen LogP contribution in [0.5, 0.6) is 5.88 Å². The van der Waals surface area contributed by atoms with Crippen molar-refractivity contribution in [3.8, 4) is 11.6 Å². The van der Waals surface area contributed by atoms with Crippen LogP contribution in [0.1, 0.15) is 32.8 Å². The zero-order chi connectivity index (χ0) is 22.6. The summed E-state index contributed by atoms with van der Waals surface area (Å²) in [5.41, 5.74) is 0.0573. The van der Waals surface area contributed by atoms with Crippen LogP contribution in [-0.2, 0) is 0 Å². The summed E-state index contributed by atoms with van der Waals surface area (Å²) in [6.07, 6.45) is 2.05. The molecule has 1 aliphatic carbocycles. The number of hydrogen-bond donors (Lipinski definition) is 0. The molecule has 30 heavy (non-hydrogen) atoms. The Kier molecular flexibility index (Phi) is 4.11. The van der Waals surface area contributed by atoms with Gasteiger partial charge in [0.25, 0.3) is 5.91 Å². The van der Waals surface area contributed by atoms with Crippen LogP contribution in [0.3, 0.4) is 0 Å². The Balaban J connectivity index is 1.50. The first-order valence-corrected chi connectivity index (χ1v) is 9.93. The van der Waals surface area contributed by atoms with E-state index in [4.69, 9.17) is 19.1 Å². The molecule has 3 aromatic rings. The number of nitrogens with zero attached hydrogens (tertiary/aromatic N) is 5. The van der Waals surface area contributed by atoms with Gasteiger partial charge in [-0.25, -0.2) is 9.37 Å². The highest BCUT2D eigenvalue weighted by molar-refractivity contribution is 6.30. The average molecular weight is 430 g/mol. The highest BCUT2D eigenvalue weighted by atomic mass is 35.5. The van der Waals surface area contributed by atoms with E-state index < -0.39 is 42.2 Å². The second-order valence-corrected chi connectivity index (χ2v) is 7.77. The van der Waals surface area contributed by atoms with E-state index in [1.165, 1.54) is 36.8 Å². The van der Waals surface area contributed by atoms with Gasteiger partial charge in [-0.1, -0.05) is 17.7 Å². The van der Waals surface area contributed by atoms with Crippen molar-refractivity contribution in [2.45, 2.75) is 37.9 Å². The van der Waals surface area contributed by atoms with E-state index in [1.807, 2.05) is 6.92 Å². The van der Waals surface area contributed by atoms with E-state index in [2.05, 4.69) is 15.2 Å². The van der Waals surface area contributed by atoms with Crippen LogP contribution in [0.2, 0.25) is 5.02 Å². The molecule has 1 aliphatic heterocycles. The molecule has 2 aromatic heterocycles. The summed E-state index contributed by atoms with van der Waals surface area (Å²) in [6.45, 7) is 1.81. The monoisotopic (exact) mass is 429 g/mol. The zero-order valence-electron chi connectivity index (χ0n) is 17.9. The number of benzene rings is 1. The Morgan fingerprint density at radius 3 is 2.80 bits per heavy atom. The maximum absolute atomic E-state index is 14.7. The highest BCUT2D eigenvalue weighted by Crippen LogP contribution is 2.44. The molecule has 0 spiro atoms. The molecule has 1 saturated heterocycles. The number of para-hydroxylation sites is 1. The van der Waals surface area contributed by atoms with E-state index in [0.717, 1.165) is 4.80 Å². The Hall–Kier alpha value is -3.00. The van der Waals surface area contributed by atoms with E-state index in [0.29, 0.717) is 11.4 Å². The maximum Gasteiger partial charge on any atom is 0.256 e. The molecule has 4 unspecified atom stereocenters. The number of carbonyl (C=O) groups excluding carboxylic acids is 1. The van der Waals surface area contributed by atoms with Crippen molar-refractivity contribution in [3.63, 3.8) is 0 Å². The first-order valence-electron chi connectivity index (χ1n) is 10.5. The number of ether oxygens (including phenoxy) is 1. The molecule has 0 radical (unpaired) electrons. The van der Waals surface area contributed by atoms with Crippen LogP contribution in [0.4, 0.5) is 4.39 Å². The minimum Gasteiger partial charge on any atom is -0.472 e. The van der Waals surface area contributed by atoms with Gasteiger partial charge in [-0.15, -0.1) is 4.80 Å². The van der Waals surface area contributed by atoms with Gasteiger partial charge in [-0.3, -0.25) is 4.79 Å². The van der Waals surface area contributed by atoms with Gasteiger partial charge in [0.1, 0.15) is 11.8 Å². The molecule has 1 amide bonds. The Labute approximate surface area is 180 Å². The number of likely N-dealkylation sites (tertiary alicyclic amines) is 1. The summed E-state index contributed by atoms with van der Waals surface area (Å²) in [6, 6.07) is 6.45. The van der Waals surface area contributed by atoms with Gasteiger partial charge >= 0.3 is 0 Å². The summed E-state index contributed by atoms with van der Waals surface area (Å²) in [5, 5.41) is 8.39. The fraction of sp³-hybridized carbons (Fsp3) is 0.333. The molecule has 4 atom stereocenters. The molecule has 2 aliphatic rings. The number of fused-ring (bicyclic) bond motifs is 2. The van der Waals surface area contributed by atoms with Crippen LogP contribution < -0.4 is 4.74 Å². The molecule has 5 rings (SSSR count). The molecule has 7 nitrogen and oxygen atoms in total. The number of pyridine rings is 1. The maximum atomic E-state index is 14.7. The molecule has 9 heteroatoms. The molecule has 1 aromatic carbocycles. The smallest absolute Gasteiger partial charge is 0.256 e. The van der Waals surface area contributed by atoms with Crippen LogP contribution in [0.15, 0.2) is 48.9 Å². The lowest BCUT2D eigenvalue weighted by Crippen LogP contribution is -2.51. The van der Waals surface area contributed by atoms with E-state index in [1.54, 1.807) is 17.0 Å². The van der Waals surface area contributed by atoms with Crippen molar-refractivity contribution in [1.82, 2.24) is 24.9 Å². The fourth-order valence-corrected chi connectivity index (χ4v) is 4.35. The van der Waals surface area contributed by atoms with Crippen molar-refractivity contribution in [3.05, 3.63) is 65.3 Å². The third kappa shape index (κ3) is 3.11. The standard InChI is InChI=1S/C21H19ClFN5O2/c1-12-13-9-17(18(10-13)30-19-6-5-14(22)11-24-19)27(12)21(29)15-3-2-4-16(23)20(15)28-25-7-8-26-28/h2-8,11-13,17-18H,9-10H2,1H3/i10D2. The third-order valence-electron chi connectivity index (χ3n) is 5.62. The normalized spacial score (nSPS) is 27.6. The van der Waals surface area contributed by atoms with Crippen molar-refractivity contribution in [2.24, 2.45) is 5.92 Å². The minimum atomic E-state index is -1.67. The molecule has 2 bridgehead atoms. The van der Waals surface area contributed by atoms with Gasteiger partial charge in [-0.2, -0.15) is 10.2 Å². The lowest BCUT2D eigenvalue weighted by molar-refractivity contribution is 0.0313. The summed E-state index contributed by atoms with van der Waals surface area (Å²) < 4.78 is 37.9. The van der Waals surface area contributed by atoms with Crippen LogP contribution in [-0.4, -0.2) is 49.0 Å². The molecule has 154 valence electrons. The number of hydrogen-bond acceptors (Lipinski definition) is 5. The van der Waals surface area contributed by atoms with Crippen molar-refractivity contribution in [1.29, 1.82) is 0 Å². The summed E-state index contributed by atoms with van der Waals surface area (Å²) in [7, 11) is 0. The predicted molar refractivity (Wildman–Crippen MR) is 107 cm³/mol. The SMILES string of the molecule is [2H]C1([2H])C2CC(C1Oc1ccc(Cl)cn1)N(C(=O)c1cccc(F)c1-n1nccn1)C2C. The van der Waals surface area contributed by atoms with Crippen molar-refractivity contribution in [2.75, 3.05) is 0 Å². The Morgan fingerprint density at radius 2 is 2.10 bits per heavy atom. The average Bonchev–Trinajstić information content (AvgIpc) is 3.45. The highest BCUT2D eigenvalue weighted by Gasteiger charge is 2.53. The zero-order valence-corrected chi connectivity index (χ0v) is 16.7. The molecule has 2 fully saturated rings. The van der Waals surface area contributed by atoms with Crippen LogP contribution in [0.25, 0.3) is 5.69 Å². The molecule has 0 N–H and O–H groups in total. The lowest BCUT2D eigenvalue weighted by Gasteiger charge is -2.38. The molecule has 3 heterocycles. The predicted octanol–water partition coefficient (Wildman–Crippen LogP) is 3.53. The minimum absolute atomic E-state index is 0.0441. The number of rotatable bonds is 4. The first kappa shape index (κ1) is 16.8. The van der Waals surface area contributed by atoms with E-state index in [9.17, 15) is 9.18 Å². The van der Waals surface area contributed by atoms with Gasteiger partial charge in [-0.05, 0) is 43.8 Å². The summed E-state index contributed by atoms with van der Waals surface area (Å²) >= 11 is 5.88. The second-order valence-electron chi connectivity index (χ2n) is 7.34. The quantitative estimate of drug-likeness (QED) is 0.634. The van der Waals surface area contributed by atoms with Gasteiger partial charge < -0.3 is 9.64 Å². The molecule has 1 saturated carbocycles. The van der Waals surface area contributed by atoms with E-state index in [-0.39, 0.29) is 17.1 Å². The largest absolute Gasteiger partial charge is 0.472 e. The molecular formula is C21H19ClFN5O2. The van der Waals surface area contributed by atoms with Crippen molar-refractivity contribution >= 4 is 17.5 Å². The van der Waals surface area contributed by atoms with Crippen molar-refractivity contribution < 1.29 is 16.7 Å². The first-order chi connectivity index (χ1) is 15.3. The van der Waals surface area contributed by atoms with Gasteiger partial charge in [0.2, 0.25) is 5.88 Å². The number of amides is 1. The lowest BCUT2D eigenvalue weighted by atomic mass is 9.98. The summed E-state index contributed by atoms with van der Waals surface area (Å²) in [4.78, 5) is 20.4. The number of aromatic nitrogens is 4. The summed E-state index contributed by atoms with van der Waals surface area (Å²) in [5.74, 6) is -1.26. The third-order valence-corrected chi connectivity index (χ3v) is 5.84. The van der Waals surface area contributed by atoms with E-state index >= 15 is 0 Å². The van der Waals surface area contributed by atoms with Gasteiger partial charge in [0, 0.05) is 21.0 Å². The van der Waals surface area contributed by atoms with Crippen LogP contribution in [0, 0.1) is 11.7 Å².